The highest BCUT2D eigenvalue weighted by Crippen LogP contribution is 2.31. The van der Waals surface area contributed by atoms with Crippen molar-refractivity contribution in [2.24, 2.45) is 11.3 Å². The molecule has 0 saturated carbocycles. The van der Waals surface area contributed by atoms with Crippen LogP contribution in [0.5, 0.6) is 0 Å². The summed E-state index contributed by atoms with van der Waals surface area (Å²) in [5.41, 5.74) is -0.136. The zero-order valence-corrected chi connectivity index (χ0v) is 16.8. The van der Waals surface area contributed by atoms with Crippen molar-refractivity contribution in [3.63, 3.8) is 0 Å². The first-order valence-electron chi connectivity index (χ1n) is 10.4. The molecule has 6 heteroatoms. The maximum absolute atomic E-state index is 12.2. The lowest BCUT2D eigenvalue weighted by Crippen LogP contribution is -2.62. The molecule has 1 aromatic rings. The number of hydrogen-bond acceptors (Lipinski definition) is 5. The van der Waals surface area contributed by atoms with Crippen LogP contribution in [-0.2, 0) is 4.79 Å². The second-order valence-electron chi connectivity index (χ2n) is 9.09. The Morgan fingerprint density at radius 1 is 1.11 bits per heavy atom. The van der Waals surface area contributed by atoms with Gasteiger partial charge in [0, 0.05) is 52.0 Å². The van der Waals surface area contributed by atoms with Crippen LogP contribution < -0.4 is 4.90 Å². The average molecular weight is 372 g/mol. The van der Waals surface area contributed by atoms with Crippen molar-refractivity contribution in [2.75, 3.05) is 63.9 Å². The number of anilines is 1. The zero-order valence-electron chi connectivity index (χ0n) is 16.8. The van der Waals surface area contributed by atoms with Crippen LogP contribution in [0, 0.1) is 11.3 Å². The van der Waals surface area contributed by atoms with Gasteiger partial charge in [-0.3, -0.25) is 14.6 Å². The van der Waals surface area contributed by atoms with E-state index in [2.05, 4.69) is 45.7 Å². The van der Waals surface area contributed by atoms with Gasteiger partial charge in [0.25, 0.3) is 0 Å². The van der Waals surface area contributed by atoms with E-state index in [-0.39, 0.29) is 5.41 Å². The summed E-state index contributed by atoms with van der Waals surface area (Å²) in [6.07, 6.45) is 4.45. The SMILES string of the molecule is CC1(C)CN(CN2CCCC(CN3CCN(c4ccccn4)CC3)C2)C1=O. The van der Waals surface area contributed by atoms with Crippen LogP contribution in [0.3, 0.4) is 0 Å². The minimum Gasteiger partial charge on any atom is -0.354 e. The highest BCUT2D eigenvalue weighted by atomic mass is 16.2. The first kappa shape index (κ1) is 18.7. The van der Waals surface area contributed by atoms with Crippen molar-refractivity contribution < 1.29 is 4.79 Å². The lowest BCUT2D eigenvalue weighted by atomic mass is 9.83. The van der Waals surface area contributed by atoms with E-state index in [0.29, 0.717) is 5.91 Å². The zero-order chi connectivity index (χ0) is 18.9. The van der Waals surface area contributed by atoms with Crippen LogP contribution in [0.4, 0.5) is 5.82 Å². The molecule has 0 bridgehead atoms. The normalized spacial score (nSPS) is 26.9. The number of nitrogens with zero attached hydrogens (tertiary/aromatic N) is 5. The summed E-state index contributed by atoms with van der Waals surface area (Å²) in [5, 5.41) is 0. The van der Waals surface area contributed by atoms with Crippen molar-refractivity contribution in [1.29, 1.82) is 0 Å². The Morgan fingerprint density at radius 3 is 2.59 bits per heavy atom. The van der Waals surface area contributed by atoms with Gasteiger partial charge < -0.3 is 9.80 Å². The highest BCUT2D eigenvalue weighted by Gasteiger charge is 2.44. The number of piperidine rings is 1. The predicted octanol–water partition coefficient (Wildman–Crippen LogP) is 1.74. The topological polar surface area (TPSA) is 42.9 Å². The Morgan fingerprint density at radius 2 is 1.93 bits per heavy atom. The first-order valence-corrected chi connectivity index (χ1v) is 10.4. The van der Waals surface area contributed by atoms with Gasteiger partial charge in [-0.2, -0.15) is 0 Å². The maximum atomic E-state index is 12.2. The largest absolute Gasteiger partial charge is 0.354 e. The van der Waals surface area contributed by atoms with E-state index in [1.807, 2.05) is 17.2 Å². The van der Waals surface area contributed by atoms with E-state index in [1.165, 1.54) is 19.4 Å². The van der Waals surface area contributed by atoms with Crippen LogP contribution in [-0.4, -0.2) is 84.6 Å². The van der Waals surface area contributed by atoms with Crippen LogP contribution in [0.25, 0.3) is 0 Å². The lowest BCUT2D eigenvalue weighted by molar-refractivity contribution is -0.160. The Kier molecular flexibility index (Phi) is 5.37. The molecule has 27 heavy (non-hydrogen) atoms. The molecule has 6 nitrogen and oxygen atoms in total. The molecule has 0 aromatic carbocycles. The molecule has 1 atom stereocenters. The van der Waals surface area contributed by atoms with E-state index in [0.717, 1.165) is 64.2 Å². The molecule has 148 valence electrons. The molecule has 0 aliphatic carbocycles. The molecule has 3 aliphatic heterocycles. The van der Waals surface area contributed by atoms with Gasteiger partial charge in [0.2, 0.25) is 5.91 Å². The van der Waals surface area contributed by atoms with Crippen molar-refractivity contribution in [2.45, 2.75) is 26.7 Å². The molecule has 0 spiro atoms. The molecule has 0 N–H and O–H groups in total. The fourth-order valence-corrected chi connectivity index (χ4v) is 4.80. The summed E-state index contributed by atoms with van der Waals surface area (Å²) >= 11 is 0. The maximum Gasteiger partial charge on any atom is 0.231 e. The van der Waals surface area contributed by atoms with E-state index >= 15 is 0 Å². The number of carbonyl (C=O) groups is 1. The first-order chi connectivity index (χ1) is 13.0. The van der Waals surface area contributed by atoms with Gasteiger partial charge in [-0.05, 0) is 51.3 Å². The summed E-state index contributed by atoms with van der Waals surface area (Å²) in [4.78, 5) is 26.2. The van der Waals surface area contributed by atoms with Crippen molar-refractivity contribution >= 4 is 11.7 Å². The van der Waals surface area contributed by atoms with E-state index in [4.69, 9.17) is 0 Å². The number of carbonyl (C=O) groups excluding carboxylic acids is 1. The molecule has 1 aromatic heterocycles. The van der Waals surface area contributed by atoms with Gasteiger partial charge in [-0.1, -0.05) is 6.07 Å². The second-order valence-corrected chi connectivity index (χ2v) is 9.09. The van der Waals surface area contributed by atoms with E-state index in [1.54, 1.807) is 0 Å². The lowest BCUT2D eigenvalue weighted by Gasteiger charge is -2.48. The Labute approximate surface area is 163 Å². The molecule has 3 aliphatic rings. The third-order valence-corrected chi connectivity index (χ3v) is 6.29. The number of amides is 1. The van der Waals surface area contributed by atoms with Gasteiger partial charge in [-0.15, -0.1) is 0 Å². The number of aromatic nitrogens is 1. The Hall–Kier alpha value is -1.66. The summed E-state index contributed by atoms with van der Waals surface area (Å²) < 4.78 is 0. The smallest absolute Gasteiger partial charge is 0.231 e. The van der Waals surface area contributed by atoms with E-state index < -0.39 is 0 Å². The fourth-order valence-electron chi connectivity index (χ4n) is 4.80. The molecule has 4 rings (SSSR count). The summed E-state index contributed by atoms with van der Waals surface area (Å²) in [6, 6.07) is 6.14. The molecule has 4 heterocycles. The van der Waals surface area contributed by atoms with Gasteiger partial charge in [0.05, 0.1) is 12.1 Å². The monoisotopic (exact) mass is 371 g/mol. The van der Waals surface area contributed by atoms with E-state index in [9.17, 15) is 4.79 Å². The highest BCUT2D eigenvalue weighted by molar-refractivity contribution is 5.87. The predicted molar refractivity (Wildman–Crippen MR) is 108 cm³/mol. The second kappa shape index (κ2) is 7.76. The van der Waals surface area contributed by atoms with Gasteiger partial charge >= 0.3 is 0 Å². The van der Waals surface area contributed by atoms with Crippen molar-refractivity contribution in [3.8, 4) is 0 Å². The number of rotatable bonds is 5. The molecule has 0 radical (unpaired) electrons. The number of β-lactam (4-membered cyclic amide) rings is 1. The fraction of sp³-hybridized carbons (Fsp3) is 0.714. The Bertz CT molecular complexity index is 641. The quantitative estimate of drug-likeness (QED) is 0.738. The van der Waals surface area contributed by atoms with Crippen LogP contribution in [0.15, 0.2) is 24.4 Å². The third kappa shape index (κ3) is 4.27. The van der Waals surface area contributed by atoms with Gasteiger partial charge in [0.1, 0.15) is 5.82 Å². The molecule has 3 saturated heterocycles. The van der Waals surface area contributed by atoms with Crippen LogP contribution in [0.1, 0.15) is 26.7 Å². The van der Waals surface area contributed by atoms with Crippen LogP contribution in [0.2, 0.25) is 0 Å². The number of hydrogen-bond donors (Lipinski definition) is 0. The molecule has 3 fully saturated rings. The molecular formula is C21H33N5O. The minimum absolute atomic E-state index is 0.136. The number of piperazine rings is 1. The van der Waals surface area contributed by atoms with Crippen molar-refractivity contribution in [3.05, 3.63) is 24.4 Å². The molecular weight excluding hydrogens is 338 g/mol. The molecule has 1 unspecified atom stereocenters. The number of likely N-dealkylation sites (tertiary alicyclic amines) is 2. The standard InChI is InChI=1S/C21H33N5O/c1-21(2)16-26(20(21)27)17-24-9-5-6-18(15-24)14-23-10-12-25(13-11-23)19-7-3-4-8-22-19/h3-4,7-8,18H,5-6,9-17H2,1-2H3. The van der Waals surface area contributed by atoms with Crippen molar-refractivity contribution in [1.82, 2.24) is 19.7 Å². The minimum atomic E-state index is -0.136. The summed E-state index contributed by atoms with van der Waals surface area (Å²) in [6.45, 7) is 13.6. The number of pyridine rings is 1. The molecule has 1 amide bonds. The summed E-state index contributed by atoms with van der Waals surface area (Å²) in [5.74, 6) is 2.14. The van der Waals surface area contributed by atoms with Gasteiger partial charge in [-0.25, -0.2) is 4.98 Å². The third-order valence-electron chi connectivity index (χ3n) is 6.29. The Balaban J connectivity index is 1.22. The average Bonchev–Trinajstić information content (AvgIpc) is 2.69. The van der Waals surface area contributed by atoms with Crippen LogP contribution >= 0.6 is 0 Å². The summed E-state index contributed by atoms with van der Waals surface area (Å²) in [7, 11) is 0. The van der Waals surface area contributed by atoms with Gasteiger partial charge in [0.15, 0.2) is 0 Å².